The summed E-state index contributed by atoms with van der Waals surface area (Å²) in [6, 6.07) is 4.46. The summed E-state index contributed by atoms with van der Waals surface area (Å²) in [5.74, 6) is 0.358. The lowest BCUT2D eigenvalue weighted by Gasteiger charge is -2.25. The molecule has 0 spiro atoms. The fourth-order valence-corrected chi connectivity index (χ4v) is 2.36. The van der Waals surface area contributed by atoms with Crippen LogP contribution in [0.25, 0.3) is 0 Å². The molecule has 0 fully saturated rings. The summed E-state index contributed by atoms with van der Waals surface area (Å²) >= 11 is 0. The summed E-state index contributed by atoms with van der Waals surface area (Å²) in [7, 11) is 0. The van der Waals surface area contributed by atoms with Crippen molar-refractivity contribution in [2.45, 2.75) is 26.7 Å². The second-order valence-corrected chi connectivity index (χ2v) is 5.16. The maximum absolute atomic E-state index is 13.8. The molecule has 0 bridgehead atoms. The number of carbonyl (C=O) groups is 1. The molecule has 0 aliphatic heterocycles. The number of benzene rings is 1. The minimum atomic E-state index is -0.466. The van der Waals surface area contributed by atoms with Crippen LogP contribution in [0.5, 0.6) is 5.75 Å². The van der Waals surface area contributed by atoms with Crippen molar-refractivity contribution in [3.05, 3.63) is 41.7 Å². The number of carbonyl (C=O) groups excluding carboxylic acids is 1. The molecule has 1 aliphatic carbocycles. The maximum atomic E-state index is 13.8. The van der Waals surface area contributed by atoms with Crippen LogP contribution in [-0.4, -0.2) is 12.4 Å². The van der Waals surface area contributed by atoms with Crippen LogP contribution < -0.4 is 4.74 Å². The number of hydrogen-bond acceptors (Lipinski definition) is 2. The van der Waals surface area contributed by atoms with E-state index in [1.165, 1.54) is 19.1 Å². The van der Waals surface area contributed by atoms with Crippen molar-refractivity contribution in [3.63, 3.8) is 0 Å². The lowest BCUT2D eigenvalue weighted by molar-refractivity contribution is 0.101. The minimum Gasteiger partial charge on any atom is -0.489 e. The molecule has 2 rings (SSSR count). The average Bonchev–Trinajstić information content (AvgIpc) is 2.38. The van der Waals surface area contributed by atoms with Gasteiger partial charge in [0.2, 0.25) is 0 Å². The van der Waals surface area contributed by atoms with Gasteiger partial charge in [0.05, 0.1) is 12.2 Å². The number of ketones is 1. The Kier molecular flexibility index (Phi) is 4.35. The van der Waals surface area contributed by atoms with Crippen molar-refractivity contribution in [2.24, 2.45) is 11.8 Å². The zero-order valence-electron chi connectivity index (χ0n) is 11.4. The predicted octanol–water partition coefficient (Wildman–Crippen LogP) is 4.01. The Morgan fingerprint density at radius 1 is 1.37 bits per heavy atom. The van der Waals surface area contributed by atoms with Crippen LogP contribution in [0.15, 0.2) is 30.4 Å². The van der Waals surface area contributed by atoms with E-state index in [2.05, 4.69) is 19.1 Å². The standard InChI is InChI=1S/C16H19FO2/c1-11-6-3-4-7-13(11)10-19-16-14(12(2)18)8-5-9-15(16)17/h3-5,8-9,11,13H,6-7,10H2,1-2H3. The van der Waals surface area contributed by atoms with Gasteiger partial charge in [0.25, 0.3) is 0 Å². The van der Waals surface area contributed by atoms with Gasteiger partial charge in [-0.3, -0.25) is 4.79 Å². The van der Waals surface area contributed by atoms with E-state index in [4.69, 9.17) is 4.74 Å². The molecular formula is C16H19FO2. The van der Waals surface area contributed by atoms with Crippen LogP contribution in [0.2, 0.25) is 0 Å². The van der Waals surface area contributed by atoms with E-state index in [9.17, 15) is 9.18 Å². The number of para-hydroxylation sites is 1. The number of ether oxygens (including phenoxy) is 1. The number of Topliss-reactive ketones (excluding diaryl/α,β-unsaturated/α-hetero) is 1. The monoisotopic (exact) mass is 262 g/mol. The summed E-state index contributed by atoms with van der Waals surface area (Å²) in [5.41, 5.74) is 0.319. The molecule has 0 amide bonds. The van der Waals surface area contributed by atoms with Crippen LogP contribution in [0, 0.1) is 17.7 Å². The van der Waals surface area contributed by atoms with Gasteiger partial charge in [-0.2, -0.15) is 0 Å². The highest BCUT2D eigenvalue weighted by molar-refractivity contribution is 5.96. The smallest absolute Gasteiger partial charge is 0.165 e. The SMILES string of the molecule is CC(=O)c1cccc(F)c1OCC1CC=CCC1C. The molecule has 1 aromatic rings. The number of allylic oxidation sites excluding steroid dienone is 2. The van der Waals surface area contributed by atoms with E-state index in [1.54, 1.807) is 6.07 Å². The minimum absolute atomic E-state index is 0.0942. The summed E-state index contributed by atoms with van der Waals surface area (Å²) in [6.07, 6.45) is 6.29. The van der Waals surface area contributed by atoms with E-state index in [0.717, 1.165) is 12.8 Å². The third-order valence-corrected chi connectivity index (χ3v) is 3.71. The maximum Gasteiger partial charge on any atom is 0.165 e. The Bertz CT molecular complexity index is 494. The lowest BCUT2D eigenvalue weighted by Crippen LogP contribution is -2.22. The van der Waals surface area contributed by atoms with Gasteiger partial charge in [-0.1, -0.05) is 25.1 Å². The molecule has 0 radical (unpaired) electrons. The van der Waals surface area contributed by atoms with Crippen molar-refractivity contribution in [1.82, 2.24) is 0 Å². The topological polar surface area (TPSA) is 26.3 Å². The molecule has 0 aromatic heterocycles. The zero-order chi connectivity index (χ0) is 13.8. The Hall–Kier alpha value is -1.64. The van der Waals surface area contributed by atoms with Gasteiger partial charge >= 0.3 is 0 Å². The van der Waals surface area contributed by atoms with Gasteiger partial charge < -0.3 is 4.74 Å². The van der Waals surface area contributed by atoms with Crippen molar-refractivity contribution in [2.75, 3.05) is 6.61 Å². The molecule has 102 valence electrons. The summed E-state index contributed by atoms with van der Waals surface area (Å²) in [5, 5.41) is 0. The van der Waals surface area contributed by atoms with Gasteiger partial charge in [0.15, 0.2) is 17.3 Å². The van der Waals surface area contributed by atoms with E-state index in [-0.39, 0.29) is 11.5 Å². The van der Waals surface area contributed by atoms with Gasteiger partial charge in [-0.05, 0) is 43.7 Å². The van der Waals surface area contributed by atoms with Crippen LogP contribution in [0.1, 0.15) is 37.0 Å². The summed E-state index contributed by atoms with van der Waals surface area (Å²) in [6.45, 7) is 4.05. The number of halogens is 1. The number of rotatable bonds is 4. The van der Waals surface area contributed by atoms with Crippen LogP contribution in [-0.2, 0) is 0 Å². The van der Waals surface area contributed by atoms with Crippen molar-refractivity contribution in [3.8, 4) is 5.75 Å². The predicted molar refractivity (Wildman–Crippen MR) is 72.9 cm³/mol. The van der Waals surface area contributed by atoms with Crippen molar-refractivity contribution < 1.29 is 13.9 Å². The molecule has 3 heteroatoms. The first-order chi connectivity index (χ1) is 9.09. The molecule has 2 nitrogen and oxygen atoms in total. The Labute approximate surface area is 113 Å². The molecule has 0 heterocycles. The number of hydrogen-bond donors (Lipinski definition) is 0. The van der Waals surface area contributed by atoms with Crippen molar-refractivity contribution in [1.29, 1.82) is 0 Å². The molecule has 0 saturated heterocycles. The Balaban J connectivity index is 2.11. The van der Waals surface area contributed by atoms with Crippen LogP contribution in [0.4, 0.5) is 4.39 Å². The largest absolute Gasteiger partial charge is 0.489 e. The third-order valence-electron chi connectivity index (χ3n) is 3.71. The first-order valence-electron chi connectivity index (χ1n) is 6.67. The molecule has 19 heavy (non-hydrogen) atoms. The molecule has 2 atom stereocenters. The highest BCUT2D eigenvalue weighted by Crippen LogP contribution is 2.28. The normalized spacial score (nSPS) is 22.3. The lowest BCUT2D eigenvalue weighted by atomic mass is 9.85. The van der Waals surface area contributed by atoms with Gasteiger partial charge in [-0.15, -0.1) is 0 Å². The third kappa shape index (κ3) is 3.22. The van der Waals surface area contributed by atoms with Gasteiger partial charge in [0.1, 0.15) is 0 Å². The fourth-order valence-electron chi connectivity index (χ4n) is 2.36. The highest BCUT2D eigenvalue weighted by Gasteiger charge is 2.21. The average molecular weight is 262 g/mol. The second-order valence-electron chi connectivity index (χ2n) is 5.16. The fraction of sp³-hybridized carbons (Fsp3) is 0.438. The molecule has 0 N–H and O–H groups in total. The Morgan fingerprint density at radius 2 is 2.11 bits per heavy atom. The Morgan fingerprint density at radius 3 is 2.79 bits per heavy atom. The second kappa shape index (κ2) is 6.00. The van der Waals surface area contributed by atoms with E-state index in [0.29, 0.717) is 24.0 Å². The van der Waals surface area contributed by atoms with Crippen molar-refractivity contribution >= 4 is 5.78 Å². The molecule has 1 aromatic carbocycles. The van der Waals surface area contributed by atoms with Gasteiger partial charge in [-0.25, -0.2) is 4.39 Å². The van der Waals surface area contributed by atoms with Crippen LogP contribution >= 0.6 is 0 Å². The van der Waals surface area contributed by atoms with Crippen LogP contribution in [0.3, 0.4) is 0 Å². The van der Waals surface area contributed by atoms with E-state index >= 15 is 0 Å². The molecule has 2 unspecified atom stereocenters. The summed E-state index contributed by atoms with van der Waals surface area (Å²) in [4.78, 5) is 11.5. The first-order valence-corrected chi connectivity index (χ1v) is 6.67. The molecular weight excluding hydrogens is 243 g/mol. The van der Waals surface area contributed by atoms with E-state index in [1.807, 2.05) is 0 Å². The molecule has 1 aliphatic rings. The quantitative estimate of drug-likeness (QED) is 0.605. The highest BCUT2D eigenvalue weighted by atomic mass is 19.1. The molecule has 0 saturated carbocycles. The first kappa shape index (κ1) is 13.8. The summed E-state index contributed by atoms with van der Waals surface area (Å²) < 4.78 is 19.4. The van der Waals surface area contributed by atoms with E-state index < -0.39 is 5.82 Å². The van der Waals surface area contributed by atoms with Gasteiger partial charge in [0, 0.05) is 0 Å². The zero-order valence-corrected chi connectivity index (χ0v) is 11.4.